The predicted molar refractivity (Wildman–Crippen MR) is 93.4 cm³/mol. The molecule has 0 radical (unpaired) electrons. The van der Waals surface area contributed by atoms with Gasteiger partial charge in [0.25, 0.3) is 0 Å². The summed E-state index contributed by atoms with van der Waals surface area (Å²) in [5.74, 6) is -1.81. The minimum Gasteiger partial charge on any atom is -0.346 e. The first kappa shape index (κ1) is 16.9. The van der Waals surface area contributed by atoms with Crippen molar-refractivity contribution in [2.24, 2.45) is 0 Å². The normalized spacial score (nSPS) is 12.0. The lowest BCUT2D eigenvalue weighted by Gasteiger charge is -2.20. The van der Waals surface area contributed by atoms with Gasteiger partial charge in [0, 0.05) is 18.5 Å². The zero-order valence-corrected chi connectivity index (χ0v) is 13.7. The van der Waals surface area contributed by atoms with Crippen molar-refractivity contribution in [1.29, 1.82) is 0 Å². The van der Waals surface area contributed by atoms with E-state index in [1.54, 1.807) is 0 Å². The second-order valence-electron chi connectivity index (χ2n) is 5.94. The van der Waals surface area contributed by atoms with Gasteiger partial charge in [-0.2, -0.15) is 0 Å². The van der Waals surface area contributed by atoms with Crippen LogP contribution in [0.5, 0.6) is 0 Å². The van der Waals surface area contributed by atoms with Crippen molar-refractivity contribution < 1.29 is 13.6 Å². The largest absolute Gasteiger partial charge is 0.346 e. The van der Waals surface area contributed by atoms with Gasteiger partial charge in [-0.25, -0.2) is 8.78 Å². The van der Waals surface area contributed by atoms with Gasteiger partial charge in [0.2, 0.25) is 5.91 Å². The molecule has 0 aliphatic heterocycles. The molecule has 0 saturated carbocycles. The molecule has 3 aromatic rings. The zero-order valence-electron chi connectivity index (χ0n) is 13.7. The van der Waals surface area contributed by atoms with E-state index in [0.717, 1.165) is 23.3 Å². The Balaban J connectivity index is 1.82. The quantitative estimate of drug-likeness (QED) is 0.718. The number of aryl methyl sites for hydroxylation is 1. The smallest absolute Gasteiger partial charge is 0.226 e. The highest BCUT2D eigenvalue weighted by molar-refractivity contribution is 5.91. The Morgan fingerprint density at radius 3 is 2.52 bits per heavy atom. The van der Waals surface area contributed by atoms with Crippen LogP contribution in [0.1, 0.15) is 23.6 Å². The summed E-state index contributed by atoms with van der Waals surface area (Å²) in [6, 6.07) is 14.6. The second-order valence-corrected chi connectivity index (χ2v) is 5.94. The molecule has 0 aliphatic carbocycles. The third kappa shape index (κ3) is 4.12. The molecule has 1 N–H and O–H groups in total. The van der Waals surface area contributed by atoms with Crippen molar-refractivity contribution in [3.05, 3.63) is 89.8 Å². The molecule has 0 saturated heterocycles. The lowest BCUT2D eigenvalue weighted by Crippen LogP contribution is -2.20. The van der Waals surface area contributed by atoms with Crippen LogP contribution in [0.15, 0.2) is 67.0 Å². The molecule has 0 unspecified atom stereocenters. The van der Waals surface area contributed by atoms with Gasteiger partial charge in [-0.05, 0) is 36.8 Å². The maximum absolute atomic E-state index is 13.7. The lowest BCUT2D eigenvalue weighted by atomic mass is 10.0. The van der Waals surface area contributed by atoms with Crippen LogP contribution in [-0.4, -0.2) is 10.5 Å². The van der Waals surface area contributed by atoms with Gasteiger partial charge in [0.1, 0.15) is 11.6 Å². The fraction of sp³-hybridized carbons (Fsp3) is 0.150. The van der Waals surface area contributed by atoms with Crippen LogP contribution in [0.3, 0.4) is 0 Å². The standard InChI is InChI=1S/C20H18F2N2O/c1-14-5-4-6-15(11-14)19(24-9-2-3-10-24)13-20(25)23-18-8-7-16(21)12-17(18)22/h2-12,19H,13H2,1H3,(H,23,25)/t19-/m1/s1. The summed E-state index contributed by atoms with van der Waals surface area (Å²) >= 11 is 0. The van der Waals surface area contributed by atoms with E-state index in [1.807, 2.05) is 60.3 Å². The van der Waals surface area contributed by atoms with E-state index in [1.165, 1.54) is 6.07 Å². The Morgan fingerprint density at radius 2 is 1.84 bits per heavy atom. The fourth-order valence-electron chi connectivity index (χ4n) is 2.80. The average Bonchev–Trinajstić information content (AvgIpc) is 3.09. The summed E-state index contributed by atoms with van der Waals surface area (Å²) in [7, 11) is 0. The van der Waals surface area contributed by atoms with E-state index in [4.69, 9.17) is 0 Å². The van der Waals surface area contributed by atoms with Crippen molar-refractivity contribution in [3.8, 4) is 0 Å². The third-order valence-electron chi connectivity index (χ3n) is 4.00. The van der Waals surface area contributed by atoms with Gasteiger partial charge < -0.3 is 9.88 Å². The second kappa shape index (κ2) is 7.30. The Labute approximate surface area is 144 Å². The van der Waals surface area contributed by atoms with Gasteiger partial charge in [-0.15, -0.1) is 0 Å². The minimum absolute atomic E-state index is 0.0260. The number of nitrogens with one attached hydrogen (secondary N) is 1. The number of rotatable bonds is 5. The fourth-order valence-corrected chi connectivity index (χ4v) is 2.80. The Kier molecular flexibility index (Phi) is 4.93. The Bertz CT molecular complexity index is 875. The number of amides is 1. The molecule has 1 atom stereocenters. The zero-order chi connectivity index (χ0) is 17.8. The number of carbonyl (C=O) groups is 1. The molecule has 3 nitrogen and oxygen atoms in total. The van der Waals surface area contributed by atoms with Gasteiger partial charge in [0.05, 0.1) is 18.2 Å². The van der Waals surface area contributed by atoms with Crippen molar-refractivity contribution in [2.75, 3.05) is 5.32 Å². The average molecular weight is 340 g/mol. The molecule has 1 heterocycles. The van der Waals surface area contributed by atoms with Gasteiger partial charge in [-0.3, -0.25) is 4.79 Å². The first-order chi connectivity index (χ1) is 12.0. The number of aromatic nitrogens is 1. The molecule has 5 heteroatoms. The lowest BCUT2D eigenvalue weighted by molar-refractivity contribution is -0.116. The molecule has 0 fully saturated rings. The number of nitrogens with zero attached hydrogens (tertiary/aromatic N) is 1. The molecule has 128 valence electrons. The molecule has 0 aliphatic rings. The maximum Gasteiger partial charge on any atom is 0.226 e. The molecule has 3 rings (SSSR count). The van der Waals surface area contributed by atoms with Gasteiger partial charge in [0.15, 0.2) is 0 Å². The van der Waals surface area contributed by atoms with Gasteiger partial charge >= 0.3 is 0 Å². The Hall–Kier alpha value is -2.95. The van der Waals surface area contributed by atoms with Crippen molar-refractivity contribution >= 4 is 11.6 Å². The summed E-state index contributed by atoms with van der Waals surface area (Å²) < 4.78 is 28.7. The topological polar surface area (TPSA) is 34.0 Å². The van der Waals surface area contributed by atoms with E-state index in [-0.39, 0.29) is 24.1 Å². The molecular weight excluding hydrogens is 322 g/mol. The van der Waals surface area contributed by atoms with Crippen molar-refractivity contribution in [2.45, 2.75) is 19.4 Å². The molecule has 25 heavy (non-hydrogen) atoms. The number of hydrogen-bond acceptors (Lipinski definition) is 1. The van der Waals surface area contributed by atoms with Crippen LogP contribution in [0.2, 0.25) is 0 Å². The highest BCUT2D eigenvalue weighted by Gasteiger charge is 2.18. The molecule has 0 bridgehead atoms. The highest BCUT2D eigenvalue weighted by Crippen LogP contribution is 2.24. The predicted octanol–water partition coefficient (Wildman–Crippen LogP) is 4.69. The molecular formula is C20H18F2N2O. The van der Waals surface area contributed by atoms with E-state index in [9.17, 15) is 13.6 Å². The number of hydrogen-bond donors (Lipinski definition) is 1. The van der Waals surface area contributed by atoms with E-state index < -0.39 is 11.6 Å². The summed E-state index contributed by atoms with van der Waals surface area (Å²) in [5.41, 5.74) is 2.06. The van der Waals surface area contributed by atoms with E-state index in [2.05, 4.69) is 5.32 Å². The summed E-state index contributed by atoms with van der Waals surface area (Å²) in [6.07, 6.45) is 3.91. The van der Waals surface area contributed by atoms with Crippen LogP contribution in [0, 0.1) is 18.6 Å². The first-order valence-electron chi connectivity index (χ1n) is 7.97. The first-order valence-corrected chi connectivity index (χ1v) is 7.97. The minimum atomic E-state index is -0.790. The molecule has 1 aromatic heterocycles. The van der Waals surface area contributed by atoms with Crippen LogP contribution >= 0.6 is 0 Å². The highest BCUT2D eigenvalue weighted by atomic mass is 19.1. The molecule has 1 amide bonds. The maximum atomic E-state index is 13.7. The van der Waals surface area contributed by atoms with Gasteiger partial charge in [-0.1, -0.05) is 29.8 Å². The van der Waals surface area contributed by atoms with Crippen LogP contribution in [-0.2, 0) is 4.79 Å². The van der Waals surface area contributed by atoms with E-state index >= 15 is 0 Å². The Morgan fingerprint density at radius 1 is 1.08 bits per heavy atom. The number of halogens is 2. The number of benzene rings is 2. The number of carbonyl (C=O) groups excluding carboxylic acids is 1. The molecule has 0 spiro atoms. The number of anilines is 1. The van der Waals surface area contributed by atoms with Crippen LogP contribution < -0.4 is 5.32 Å². The van der Waals surface area contributed by atoms with Crippen molar-refractivity contribution in [1.82, 2.24) is 4.57 Å². The van der Waals surface area contributed by atoms with E-state index in [0.29, 0.717) is 0 Å². The monoisotopic (exact) mass is 340 g/mol. The van der Waals surface area contributed by atoms with Crippen molar-refractivity contribution in [3.63, 3.8) is 0 Å². The molecule has 2 aromatic carbocycles. The summed E-state index contributed by atoms with van der Waals surface area (Å²) in [4.78, 5) is 12.4. The summed E-state index contributed by atoms with van der Waals surface area (Å²) in [5, 5.41) is 2.52. The SMILES string of the molecule is Cc1cccc([C@@H](CC(=O)Nc2ccc(F)cc2F)n2cccc2)c1. The van der Waals surface area contributed by atoms with Crippen LogP contribution in [0.25, 0.3) is 0 Å². The summed E-state index contributed by atoms with van der Waals surface area (Å²) in [6.45, 7) is 1.99. The third-order valence-corrected chi connectivity index (χ3v) is 4.00. The van der Waals surface area contributed by atoms with Crippen LogP contribution in [0.4, 0.5) is 14.5 Å².